The number of benzene rings is 2. The van der Waals surface area contributed by atoms with Crippen molar-refractivity contribution in [3.05, 3.63) is 96.2 Å². The van der Waals surface area contributed by atoms with E-state index in [9.17, 15) is 14.4 Å². The zero-order valence-electron chi connectivity index (χ0n) is 20.9. The molecular weight excluding hydrogens is 476 g/mol. The minimum absolute atomic E-state index is 0.225. The molecule has 0 N–H and O–H groups in total. The molecule has 1 aromatic heterocycles. The Labute approximate surface area is 213 Å². The normalized spacial score (nSPS) is 15.5. The van der Waals surface area contributed by atoms with Gasteiger partial charge in [-0.3, -0.25) is 14.2 Å². The lowest BCUT2D eigenvalue weighted by molar-refractivity contribution is -0.139. The summed E-state index contributed by atoms with van der Waals surface area (Å²) in [6.45, 7) is 9.32. The molecule has 0 amide bonds. The van der Waals surface area contributed by atoms with Gasteiger partial charge in [-0.05, 0) is 54.7 Å². The van der Waals surface area contributed by atoms with E-state index in [1.54, 1.807) is 48.8 Å². The van der Waals surface area contributed by atoms with Crippen LogP contribution in [-0.4, -0.2) is 23.1 Å². The first-order valence-corrected chi connectivity index (χ1v) is 12.6. The van der Waals surface area contributed by atoms with Gasteiger partial charge in [-0.25, -0.2) is 9.79 Å². The molecule has 0 aliphatic carbocycles. The molecule has 0 saturated carbocycles. The summed E-state index contributed by atoms with van der Waals surface area (Å²) in [4.78, 5) is 43.0. The molecule has 8 heteroatoms. The number of ether oxygens (including phenoxy) is 2. The van der Waals surface area contributed by atoms with E-state index in [1.165, 1.54) is 23.8 Å². The van der Waals surface area contributed by atoms with Gasteiger partial charge >= 0.3 is 11.9 Å². The topological polar surface area (TPSA) is 87.0 Å². The van der Waals surface area contributed by atoms with Gasteiger partial charge in [-0.1, -0.05) is 61.6 Å². The lowest BCUT2D eigenvalue weighted by Crippen LogP contribution is -2.39. The first kappa shape index (κ1) is 25.3. The van der Waals surface area contributed by atoms with E-state index in [-0.39, 0.29) is 12.2 Å². The van der Waals surface area contributed by atoms with Crippen LogP contribution in [0.5, 0.6) is 5.75 Å². The Bertz CT molecular complexity index is 1510. The van der Waals surface area contributed by atoms with E-state index >= 15 is 0 Å². The zero-order chi connectivity index (χ0) is 26.0. The molecule has 3 aromatic rings. The molecule has 1 aliphatic rings. The fraction of sp³-hybridized carbons (Fsp3) is 0.286. The Hall–Kier alpha value is -3.78. The van der Waals surface area contributed by atoms with Crippen LogP contribution in [0.2, 0.25) is 0 Å². The van der Waals surface area contributed by atoms with Crippen LogP contribution < -0.4 is 19.6 Å². The van der Waals surface area contributed by atoms with Crippen LogP contribution in [0, 0.1) is 0 Å². The van der Waals surface area contributed by atoms with Crippen molar-refractivity contribution in [2.45, 2.75) is 46.6 Å². The summed E-state index contributed by atoms with van der Waals surface area (Å²) < 4.78 is 12.5. The Kier molecular flexibility index (Phi) is 7.35. The number of rotatable bonds is 6. The van der Waals surface area contributed by atoms with Crippen molar-refractivity contribution in [3.63, 3.8) is 0 Å². The van der Waals surface area contributed by atoms with Crippen LogP contribution in [-0.2, 0) is 14.3 Å². The standard InChI is InChI=1S/C28H28N2O5S/c1-6-34-27(33)24-17(4)29-28-30(25(24)21-11-9-20(10-12-21)16(2)3)26(32)23(36-28)15-19-7-13-22(14-8-19)35-18(5)31/h7-16,25H,6H2,1-5H3/b23-15-/t25-/m1/s1. The first-order chi connectivity index (χ1) is 17.2. The van der Waals surface area contributed by atoms with Crippen LogP contribution in [0.1, 0.15) is 63.3 Å². The summed E-state index contributed by atoms with van der Waals surface area (Å²) in [6.07, 6.45) is 1.77. The van der Waals surface area contributed by atoms with Gasteiger partial charge in [0.15, 0.2) is 4.80 Å². The number of fused-ring (bicyclic) bond motifs is 1. The van der Waals surface area contributed by atoms with E-state index in [1.807, 2.05) is 24.3 Å². The maximum Gasteiger partial charge on any atom is 0.338 e. The molecule has 0 bridgehead atoms. The molecule has 1 atom stereocenters. The average molecular weight is 505 g/mol. The molecule has 0 unspecified atom stereocenters. The molecule has 7 nitrogen and oxygen atoms in total. The lowest BCUT2D eigenvalue weighted by atomic mass is 9.93. The number of esters is 2. The van der Waals surface area contributed by atoms with Gasteiger partial charge < -0.3 is 9.47 Å². The van der Waals surface area contributed by atoms with Crippen molar-refractivity contribution in [3.8, 4) is 5.75 Å². The maximum absolute atomic E-state index is 13.7. The summed E-state index contributed by atoms with van der Waals surface area (Å²) in [6, 6.07) is 14.2. The molecule has 4 rings (SSSR count). The van der Waals surface area contributed by atoms with Gasteiger partial charge in [0.25, 0.3) is 5.56 Å². The van der Waals surface area contributed by atoms with Gasteiger partial charge in [0.05, 0.1) is 28.5 Å². The molecule has 36 heavy (non-hydrogen) atoms. The quantitative estimate of drug-likeness (QED) is 0.376. The Morgan fingerprint density at radius 1 is 1.11 bits per heavy atom. The number of hydrogen-bond acceptors (Lipinski definition) is 7. The predicted molar refractivity (Wildman–Crippen MR) is 139 cm³/mol. The highest BCUT2D eigenvalue weighted by molar-refractivity contribution is 7.07. The minimum atomic E-state index is -0.644. The first-order valence-electron chi connectivity index (χ1n) is 11.8. The number of nitrogens with zero attached hydrogens (tertiary/aromatic N) is 2. The Morgan fingerprint density at radius 2 is 1.78 bits per heavy atom. The van der Waals surface area contributed by atoms with Crippen LogP contribution in [0.15, 0.2) is 69.6 Å². The third-order valence-corrected chi connectivity index (χ3v) is 6.86. The maximum atomic E-state index is 13.7. The second kappa shape index (κ2) is 10.5. The fourth-order valence-electron chi connectivity index (χ4n) is 4.12. The number of carbonyl (C=O) groups excluding carboxylic acids is 2. The van der Waals surface area contributed by atoms with Crippen molar-refractivity contribution in [2.24, 2.45) is 4.99 Å². The summed E-state index contributed by atoms with van der Waals surface area (Å²) in [5, 5.41) is 0. The van der Waals surface area contributed by atoms with Crippen molar-refractivity contribution < 1.29 is 19.1 Å². The highest BCUT2D eigenvalue weighted by atomic mass is 32.1. The third-order valence-electron chi connectivity index (χ3n) is 5.88. The van der Waals surface area contributed by atoms with Crippen LogP contribution in [0.3, 0.4) is 0 Å². The lowest BCUT2D eigenvalue weighted by Gasteiger charge is -2.25. The van der Waals surface area contributed by atoms with Gasteiger partial charge in [-0.2, -0.15) is 0 Å². The summed E-state index contributed by atoms with van der Waals surface area (Å²) >= 11 is 1.27. The van der Waals surface area contributed by atoms with Gasteiger partial charge in [0, 0.05) is 6.92 Å². The second-order valence-corrected chi connectivity index (χ2v) is 9.80. The van der Waals surface area contributed by atoms with E-state index in [4.69, 9.17) is 9.47 Å². The van der Waals surface area contributed by atoms with Gasteiger partial charge in [0.1, 0.15) is 5.75 Å². The van der Waals surface area contributed by atoms with Crippen molar-refractivity contribution in [2.75, 3.05) is 6.61 Å². The van der Waals surface area contributed by atoms with Crippen molar-refractivity contribution in [1.29, 1.82) is 0 Å². The molecule has 186 valence electrons. The largest absolute Gasteiger partial charge is 0.463 e. The molecule has 0 saturated heterocycles. The molecule has 0 spiro atoms. The Morgan fingerprint density at radius 3 is 2.36 bits per heavy atom. The molecule has 0 radical (unpaired) electrons. The summed E-state index contributed by atoms with van der Waals surface area (Å²) in [7, 11) is 0. The predicted octanol–water partition coefficient (Wildman–Crippen LogP) is 3.85. The highest BCUT2D eigenvalue weighted by Crippen LogP contribution is 2.31. The second-order valence-electron chi connectivity index (χ2n) is 8.79. The average Bonchev–Trinajstić information content (AvgIpc) is 3.13. The SMILES string of the molecule is CCOC(=O)C1=C(C)N=c2s/c(=C\c3ccc(OC(C)=O)cc3)c(=O)n2[C@@H]1c1ccc(C(C)C)cc1. The molecule has 2 aromatic carbocycles. The Balaban J connectivity index is 1.85. The van der Waals surface area contributed by atoms with Gasteiger partial charge in [-0.15, -0.1) is 0 Å². The fourth-order valence-corrected chi connectivity index (χ4v) is 5.17. The molecular formula is C28H28N2O5S. The number of thiazole rings is 1. The number of hydrogen-bond donors (Lipinski definition) is 0. The summed E-state index contributed by atoms with van der Waals surface area (Å²) in [5.41, 5.74) is 3.41. The molecule has 2 heterocycles. The highest BCUT2D eigenvalue weighted by Gasteiger charge is 2.33. The van der Waals surface area contributed by atoms with Crippen LogP contribution in [0.25, 0.3) is 6.08 Å². The van der Waals surface area contributed by atoms with Crippen LogP contribution in [0.4, 0.5) is 0 Å². The van der Waals surface area contributed by atoms with E-state index in [0.717, 1.165) is 11.1 Å². The zero-order valence-corrected chi connectivity index (χ0v) is 21.7. The third kappa shape index (κ3) is 5.09. The van der Waals surface area contributed by atoms with E-state index in [0.29, 0.717) is 32.3 Å². The molecule has 0 fully saturated rings. The number of allylic oxidation sites excluding steroid dienone is 1. The van der Waals surface area contributed by atoms with Crippen molar-refractivity contribution in [1.82, 2.24) is 4.57 Å². The molecule has 1 aliphatic heterocycles. The minimum Gasteiger partial charge on any atom is -0.463 e. The summed E-state index contributed by atoms with van der Waals surface area (Å²) in [5.74, 6) is -0.0898. The smallest absolute Gasteiger partial charge is 0.338 e. The monoisotopic (exact) mass is 504 g/mol. The van der Waals surface area contributed by atoms with Crippen LogP contribution >= 0.6 is 11.3 Å². The van der Waals surface area contributed by atoms with E-state index in [2.05, 4.69) is 18.8 Å². The van der Waals surface area contributed by atoms with Crippen molar-refractivity contribution >= 4 is 29.4 Å². The number of carbonyl (C=O) groups is 2. The number of aromatic nitrogens is 1. The van der Waals surface area contributed by atoms with E-state index < -0.39 is 18.0 Å². The van der Waals surface area contributed by atoms with Gasteiger partial charge in [0.2, 0.25) is 0 Å².